The Morgan fingerprint density at radius 1 is 1.23 bits per heavy atom. The van der Waals surface area contributed by atoms with Crippen LogP contribution >= 0.6 is 0 Å². The molecule has 1 fully saturated rings. The predicted octanol–water partition coefficient (Wildman–Crippen LogP) is 3.29. The quantitative estimate of drug-likeness (QED) is 0.788. The van der Waals surface area contributed by atoms with Crippen LogP contribution in [0.4, 0.5) is 4.79 Å². The van der Waals surface area contributed by atoms with Crippen molar-refractivity contribution in [1.29, 1.82) is 0 Å². The largest absolute Gasteiger partial charge is 0.481 e. The Balaban J connectivity index is 0.000000412. The number of hydrogen-bond donors (Lipinski definition) is 1. The number of carboxylic acid groups (broad SMARTS) is 1. The van der Waals surface area contributed by atoms with E-state index in [-0.39, 0.29) is 24.5 Å². The van der Waals surface area contributed by atoms with E-state index in [4.69, 9.17) is 9.84 Å². The number of carbonyl (C=O) groups is 3. The average molecular weight is 359 g/mol. The zero-order chi connectivity index (χ0) is 19.7. The lowest BCUT2D eigenvalue weighted by Gasteiger charge is -2.21. The standard InChI is InChI=1S/C15H17NO3.C5H8O2/c1-3-11(2)14(17)16-13(10-19-15(16)18)9-12-7-5-4-6-8-12;1-3-4(2)5(6)7/h3-8,11,13H,1,9-10H2,2H3;3-4H,1H2,2H3,(H,6,7)/t11-,13-;4-/m11/s1. The summed E-state index contributed by atoms with van der Waals surface area (Å²) in [5.74, 6) is -1.88. The third-order valence-electron chi connectivity index (χ3n) is 4.00. The highest BCUT2D eigenvalue weighted by molar-refractivity contribution is 5.95. The van der Waals surface area contributed by atoms with Crippen molar-refractivity contribution in [3.8, 4) is 0 Å². The molecule has 0 saturated carbocycles. The van der Waals surface area contributed by atoms with Gasteiger partial charge in [-0.1, -0.05) is 49.4 Å². The van der Waals surface area contributed by atoms with E-state index in [2.05, 4.69) is 13.2 Å². The maximum absolute atomic E-state index is 12.1. The Morgan fingerprint density at radius 2 is 1.81 bits per heavy atom. The van der Waals surface area contributed by atoms with Gasteiger partial charge in [-0.15, -0.1) is 13.2 Å². The van der Waals surface area contributed by atoms with Crippen molar-refractivity contribution in [1.82, 2.24) is 4.90 Å². The Labute approximate surface area is 153 Å². The van der Waals surface area contributed by atoms with Gasteiger partial charge in [-0.3, -0.25) is 9.59 Å². The molecule has 1 aromatic carbocycles. The van der Waals surface area contributed by atoms with Gasteiger partial charge in [-0.2, -0.15) is 0 Å². The molecule has 6 heteroatoms. The Kier molecular flexibility index (Phi) is 8.28. The summed E-state index contributed by atoms with van der Waals surface area (Å²) in [7, 11) is 0. The van der Waals surface area contributed by atoms with Crippen molar-refractivity contribution in [2.45, 2.75) is 26.3 Å². The third kappa shape index (κ3) is 5.88. The SMILES string of the molecule is C=C[C@@H](C)C(=O)N1C(=O)OC[C@H]1Cc1ccccc1.C=C[C@@H](C)C(=O)O. The van der Waals surface area contributed by atoms with Gasteiger partial charge in [0, 0.05) is 0 Å². The van der Waals surface area contributed by atoms with Crippen LogP contribution in [0.3, 0.4) is 0 Å². The topological polar surface area (TPSA) is 83.9 Å². The van der Waals surface area contributed by atoms with Gasteiger partial charge in [0.1, 0.15) is 6.61 Å². The number of aliphatic carboxylic acids is 1. The van der Waals surface area contributed by atoms with E-state index in [1.807, 2.05) is 30.3 Å². The summed E-state index contributed by atoms with van der Waals surface area (Å²) in [6.45, 7) is 10.4. The first-order valence-electron chi connectivity index (χ1n) is 8.33. The van der Waals surface area contributed by atoms with Crippen LogP contribution in [-0.2, 0) is 20.7 Å². The number of ether oxygens (including phenoxy) is 1. The monoisotopic (exact) mass is 359 g/mol. The van der Waals surface area contributed by atoms with Gasteiger partial charge in [0.15, 0.2) is 0 Å². The fourth-order valence-corrected chi connectivity index (χ4v) is 2.19. The van der Waals surface area contributed by atoms with Crippen molar-refractivity contribution in [2.24, 2.45) is 11.8 Å². The lowest BCUT2D eigenvalue weighted by Crippen LogP contribution is -2.42. The van der Waals surface area contributed by atoms with Crippen LogP contribution in [0.25, 0.3) is 0 Å². The van der Waals surface area contributed by atoms with Crippen molar-refractivity contribution in [3.05, 3.63) is 61.2 Å². The molecular weight excluding hydrogens is 334 g/mol. The maximum atomic E-state index is 12.1. The lowest BCUT2D eigenvalue weighted by atomic mass is 10.0. The number of cyclic esters (lactones) is 1. The zero-order valence-corrected chi connectivity index (χ0v) is 15.1. The van der Waals surface area contributed by atoms with E-state index in [1.165, 1.54) is 17.1 Å². The molecule has 0 radical (unpaired) electrons. The predicted molar refractivity (Wildman–Crippen MR) is 98.5 cm³/mol. The van der Waals surface area contributed by atoms with Crippen molar-refractivity contribution in [2.75, 3.05) is 6.61 Å². The average Bonchev–Trinajstić information content (AvgIpc) is 3.01. The smallest absolute Gasteiger partial charge is 0.417 e. The first kappa shape index (κ1) is 21.2. The molecule has 1 aliphatic rings. The molecule has 0 spiro atoms. The van der Waals surface area contributed by atoms with Gasteiger partial charge < -0.3 is 9.84 Å². The first-order valence-corrected chi connectivity index (χ1v) is 8.33. The minimum absolute atomic E-state index is 0.232. The second-order valence-corrected chi connectivity index (χ2v) is 6.02. The molecule has 1 aromatic rings. The summed E-state index contributed by atoms with van der Waals surface area (Å²) in [5.41, 5.74) is 1.08. The van der Waals surface area contributed by atoms with Gasteiger partial charge >= 0.3 is 12.1 Å². The molecule has 1 N–H and O–H groups in total. The maximum Gasteiger partial charge on any atom is 0.417 e. The number of rotatable bonds is 6. The van der Waals surface area contributed by atoms with Crippen molar-refractivity contribution < 1.29 is 24.2 Å². The fraction of sp³-hybridized carbons (Fsp3) is 0.350. The fourth-order valence-electron chi connectivity index (χ4n) is 2.19. The first-order chi connectivity index (χ1) is 12.3. The van der Waals surface area contributed by atoms with Gasteiger partial charge in [0.25, 0.3) is 0 Å². The Hall–Kier alpha value is -2.89. The number of carboxylic acids is 1. The lowest BCUT2D eigenvalue weighted by molar-refractivity contribution is -0.139. The molecule has 0 aromatic heterocycles. The van der Waals surface area contributed by atoms with Crippen molar-refractivity contribution >= 4 is 18.0 Å². The molecule has 1 heterocycles. The summed E-state index contributed by atoms with van der Waals surface area (Å²) in [5, 5.41) is 8.11. The van der Waals surface area contributed by atoms with Crippen LogP contribution in [0.1, 0.15) is 19.4 Å². The Morgan fingerprint density at radius 3 is 2.27 bits per heavy atom. The van der Waals surface area contributed by atoms with Crippen LogP contribution in [-0.4, -0.2) is 40.6 Å². The minimum Gasteiger partial charge on any atom is -0.481 e. The minimum atomic E-state index is -0.824. The molecule has 1 saturated heterocycles. The molecule has 2 rings (SSSR count). The second-order valence-electron chi connectivity index (χ2n) is 6.02. The summed E-state index contributed by atoms with van der Waals surface area (Å²) in [6.07, 6.45) is 2.98. The molecule has 1 aliphatic heterocycles. The number of amides is 2. The third-order valence-corrected chi connectivity index (χ3v) is 4.00. The van der Waals surface area contributed by atoms with Gasteiger partial charge in [-0.05, 0) is 18.9 Å². The van der Waals surface area contributed by atoms with Crippen LogP contribution in [0, 0.1) is 11.8 Å². The number of carbonyl (C=O) groups excluding carboxylic acids is 2. The van der Waals surface area contributed by atoms with Crippen LogP contribution in [0.15, 0.2) is 55.6 Å². The number of benzene rings is 1. The van der Waals surface area contributed by atoms with E-state index in [0.29, 0.717) is 6.42 Å². The highest BCUT2D eigenvalue weighted by atomic mass is 16.6. The van der Waals surface area contributed by atoms with E-state index in [9.17, 15) is 14.4 Å². The summed E-state index contributed by atoms with van der Waals surface area (Å²) >= 11 is 0. The molecule has 26 heavy (non-hydrogen) atoms. The highest BCUT2D eigenvalue weighted by Gasteiger charge is 2.38. The van der Waals surface area contributed by atoms with E-state index in [0.717, 1.165) is 5.56 Å². The molecular formula is C20H25NO5. The molecule has 140 valence electrons. The van der Waals surface area contributed by atoms with Gasteiger partial charge in [-0.25, -0.2) is 9.69 Å². The zero-order valence-electron chi connectivity index (χ0n) is 15.1. The van der Waals surface area contributed by atoms with E-state index in [1.54, 1.807) is 13.8 Å². The summed E-state index contributed by atoms with van der Waals surface area (Å²) < 4.78 is 5.00. The normalized spacial score (nSPS) is 18.0. The van der Waals surface area contributed by atoms with Crippen LogP contribution in [0.5, 0.6) is 0 Å². The van der Waals surface area contributed by atoms with E-state index < -0.39 is 18.0 Å². The number of hydrogen-bond acceptors (Lipinski definition) is 4. The molecule has 2 amide bonds. The summed E-state index contributed by atoms with van der Waals surface area (Å²) in [4.78, 5) is 34.9. The second kappa shape index (κ2) is 10.2. The van der Waals surface area contributed by atoms with E-state index >= 15 is 0 Å². The molecule has 6 nitrogen and oxygen atoms in total. The molecule has 0 aliphatic carbocycles. The number of nitrogens with zero attached hydrogens (tertiary/aromatic N) is 1. The molecule has 3 atom stereocenters. The van der Waals surface area contributed by atoms with Crippen LogP contribution in [0.2, 0.25) is 0 Å². The summed E-state index contributed by atoms with van der Waals surface area (Å²) in [6, 6.07) is 9.52. The molecule has 0 unspecified atom stereocenters. The van der Waals surface area contributed by atoms with Crippen molar-refractivity contribution in [3.63, 3.8) is 0 Å². The van der Waals surface area contributed by atoms with Crippen LogP contribution < -0.4 is 0 Å². The number of imide groups is 1. The molecule has 0 bridgehead atoms. The Bertz CT molecular complexity index is 655. The highest BCUT2D eigenvalue weighted by Crippen LogP contribution is 2.20. The van der Waals surface area contributed by atoms with Gasteiger partial charge in [0.05, 0.1) is 17.9 Å². The van der Waals surface area contributed by atoms with Gasteiger partial charge in [0.2, 0.25) is 5.91 Å².